The van der Waals surface area contributed by atoms with E-state index < -0.39 is 0 Å². The lowest BCUT2D eigenvalue weighted by Crippen LogP contribution is -2.01. The lowest BCUT2D eigenvalue weighted by Gasteiger charge is -1.96. The van der Waals surface area contributed by atoms with Gasteiger partial charge in [-0.15, -0.1) is 11.3 Å². The second-order valence-electron chi connectivity index (χ2n) is 3.13. The zero-order chi connectivity index (χ0) is 9.97. The molecule has 0 saturated heterocycles. The zero-order valence-corrected chi connectivity index (χ0v) is 11.8. The molecular weight excluding hydrogens is 272 g/mol. The molecule has 0 spiro atoms. The minimum atomic E-state index is 0.00865. The average Bonchev–Trinajstić information content (AvgIpc) is 2.67. The Morgan fingerprint density at radius 2 is 1.79 bits per heavy atom. The summed E-state index contributed by atoms with van der Waals surface area (Å²) in [4.78, 5) is 1.39. The molecule has 0 aliphatic heterocycles. The molecule has 1 aromatic carbocycles. The highest BCUT2D eigenvalue weighted by atomic mass is 79.9. The first kappa shape index (κ1) is 10.1. The predicted octanol–water partition coefficient (Wildman–Crippen LogP) is 3.02. The Labute approximate surface area is 98.9 Å². The van der Waals surface area contributed by atoms with Gasteiger partial charge in [0.25, 0.3) is 0 Å². The maximum atomic E-state index is 3.45. The number of rotatable bonds is 2. The van der Waals surface area contributed by atoms with E-state index in [9.17, 15) is 0 Å². The summed E-state index contributed by atoms with van der Waals surface area (Å²) in [6.07, 6.45) is 0. The summed E-state index contributed by atoms with van der Waals surface area (Å²) in [5.41, 5.74) is 1.33. The normalized spacial score (nSPS) is 11.3. The van der Waals surface area contributed by atoms with Crippen molar-refractivity contribution in [2.45, 2.75) is 6.55 Å². The van der Waals surface area contributed by atoms with Gasteiger partial charge in [-0.1, -0.05) is 40.7 Å². The van der Waals surface area contributed by atoms with E-state index in [0.29, 0.717) is 0 Å². The number of thiophene rings is 1. The van der Waals surface area contributed by atoms with Crippen LogP contribution >= 0.6 is 27.3 Å². The third-order valence-corrected chi connectivity index (χ3v) is 5.89. The Morgan fingerprint density at radius 3 is 2.36 bits per heavy atom. The van der Waals surface area contributed by atoms with E-state index in [1.807, 2.05) is 11.3 Å². The van der Waals surface area contributed by atoms with Crippen LogP contribution in [0.25, 0.3) is 10.4 Å². The van der Waals surface area contributed by atoms with E-state index in [1.54, 1.807) is 4.50 Å². The van der Waals surface area contributed by atoms with Gasteiger partial charge in [-0.3, -0.25) is 0 Å². The maximum Gasteiger partial charge on any atom is 0.0645 e. The third-order valence-electron chi connectivity index (χ3n) is 2.14. The predicted molar refractivity (Wildman–Crippen MR) is 71.5 cm³/mol. The Morgan fingerprint density at radius 1 is 1.07 bits per heavy atom. The summed E-state index contributed by atoms with van der Waals surface area (Å²) in [7, 11) is 0.00865. The molecule has 0 nitrogen and oxygen atoms in total. The van der Waals surface area contributed by atoms with E-state index in [1.165, 1.54) is 10.4 Å². The Balaban J connectivity index is 2.34. The molecule has 3 heteroatoms. The Kier molecular flexibility index (Phi) is 3.21. The topological polar surface area (TPSA) is 0 Å². The van der Waals surface area contributed by atoms with Gasteiger partial charge in [-0.05, 0) is 28.3 Å². The first-order valence-electron chi connectivity index (χ1n) is 4.64. The molecule has 72 valence electrons. The van der Waals surface area contributed by atoms with Crippen LogP contribution < -0.4 is 4.50 Å². The van der Waals surface area contributed by atoms with Crippen molar-refractivity contribution in [3.63, 3.8) is 0 Å². The van der Waals surface area contributed by atoms with Crippen molar-refractivity contribution in [1.29, 1.82) is 0 Å². The van der Waals surface area contributed by atoms with Crippen molar-refractivity contribution < 1.29 is 0 Å². The summed E-state index contributed by atoms with van der Waals surface area (Å²) in [5.74, 6) is 0. The molecule has 1 aromatic heterocycles. The molecule has 0 fully saturated rings. The first-order chi connectivity index (χ1) is 6.79. The van der Waals surface area contributed by atoms with Gasteiger partial charge in [-0.2, -0.15) is 0 Å². The summed E-state index contributed by atoms with van der Waals surface area (Å²) < 4.78 is 2.73. The van der Waals surface area contributed by atoms with Crippen molar-refractivity contribution in [2.24, 2.45) is 0 Å². The minimum Gasteiger partial charge on any atom is -0.146 e. The molecule has 0 saturated carbocycles. The van der Waals surface area contributed by atoms with Crippen LogP contribution in [-0.4, -0.2) is 9.52 Å². The fourth-order valence-electron chi connectivity index (χ4n) is 1.34. The largest absolute Gasteiger partial charge is 0.146 e. The molecular formula is C11H11BrSSi. The summed E-state index contributed by atoms with van der Waals surface area (Å²) >= 11 is 5.39. The summed E-state index contributed by atoms with van der Waals surface area (Å²) in [6, 6.07) is 13.0. The highest BCUT2D eigenvalue weighted by molar-refractivity contribution is 9.10. The van der Waals surface area contributed by atoms with Gasteiger partial charge in [0.2, 0.25) is 0 Å². The van der Waals surface area contributed by atoms with Crippen LogP contribution in [0.15, 0.2) is 40.9 Å². The molecule has 2 aromatic rings. The average molecular weight is 283 g/mol. The molecule has 1 heterocycles. The first-order valence-corrected chi connectivity index (χ1v) is 8.37. The van der Waals surface area contributed by atoms with Crippen LogP contribution in [0.2, 0.25) is 6.55 Å². The van der Waals surface area contributed by atoms with Crippen LogP contribution in [0.5, 0.6) is 0 Å². The minimum absolute atomic E-state index is 0.00865. The molecule has 0 radical (unpaired) electrons. The van der Waals surface area contributed by atoms with Crippen LogP contribution in [0.3, 0.4) is 0 Å². The van der Waals surface area contributed by atoms with Crippen molar-refractivity contribution in [2.75, 3.05) is 0 Å². The van der Waals surface area contributed by atoms with Gasteiger partial charge in [0.15, 0.2) is 0 Å². The quantitative estimate of drug-likeness (QED) is 0.743. The second kappa shape index (κ2) is 4.42. The molecule has 0 aliphatic carbocycles. The molecule has 2 rings (SSSR count). The summed E-state index contributed by atoms with van der Waals surface area (Å²) in [6.45, 7) is 2.33. The van der Waals surface area contributed by atoms with Crippen LogP contribution in [-0.2, 0) is 0 Å². The molecule has 0 bridgehead atoms. The summed E-state index contributed by atoms with van der Waals surface area (Å²) in [5, 5.41) is 0. The molecule has 0 aliphatic rings. The number of hydrogen-bond acceptors (Lipinski definition) is 1. The monoisotopic (exact) mass is 282 g/mol. The van der Waals surface area contributed by atoms with E-state index >= 15 is 0 Å². The fourth-order valence-corrected chi connectivity index (χ4v) is 3.81. The van der Waals surface area contributed by atoms with Gasteiger partial charge < -0.3 is 0 Å². The molecule has 0 unspecified atom stereocenters. The number of halogens is 1. The maximum absolute atomic E-state index is 3.45. The van der Waals surface area contributed by atoms with Crippen molar-refractivity contribution in [3.05, 3.63) is 40.9 Å². The molecule has 14 heavy (non-hydrogen) atoms. The van der Waals surface area contributed by atoms with Gasteiger partial charge >= 0.3 is 0 Å². The Bertz CT molecular complexity index is 419. The third kappa shape index (κ3) is 2.16. The van der Waals surface area contributed by atoms with Crippen LogP contribution in [0.4, 0.5) is 0 Å². The van der Waals surface area contributed by atoms with Gasteiger partial charge in [-0.25, -0.2) is 0 Å². The van der Waals surface area contributed by atoms with Crippen LogP contribution in [0.1, 0.15) is 0 Å². The standard InChI is InChI=1S/C11H11BrSSi/c1-14-11-7-6-10(13-11)8-2-4-9(12)5-3-8/h2-7H,14H2,1H3. The smallest absolute Gasteiger partial charge is 0.0645 e. The van der Waals surface area contributed by atoms with Crippen molar-refractivity contribution >= 4 is 41.3 Å². The molecule has 0 atom stereocenters. The molecule has 0 amide bonds. The van der Waals surface area contributed by atoms with E-state index in [4.69, 9.17) is 0 Å². The van der Waals surface area contributed by atoms with Gasteiger partial charge in [0, 0.05) is 9.35 Å². The molecule has 0 N–H and O–H groups in total. The lowest BCUT2D eigenvalue weighted by atomic mass is 10.2. The highest BCUT2D eigenvalue weighted by Gasteiger charge is 2.00. The fraction of sp³-hybridized carbons (Fsp3) is 0.0909. The number of hydrogen-bond donors (Lipinski definition) is 0. The van der Waals surface area contributed by atoms with E-state index in [-0.39, 0.29) is 9.52 Å². The van der Waals surface area contributed by atoms with Crippen molar-refractivity contribution in [3.8, 4) is 10.4 Å². The SMILES string of the molecule is C[SiH2]c1ccc(-c2ccc(Br)cc2)s1. The van der Waals surface area contributed by atoms with Gasteiger partial charge in [0.05, 0.1) is 9.52 Å². The van der Waals surface area contributed by atoms with Gasteiger partial charge in [0.1, 0.15) is 0 Å². The zero-order valence-electron chi connectivity index (χ0n) is 7.96. The van der Waals surface area contributed by atoms with Crippen LogP contribution in [0, 0.1) is 0 Å². The van der Waals surface area contributed by atoms with E-state index in [2.05, 4.69) is 58.9 Å². The number of benzene rings is 1. The second-order valence-corrected chi connectivity index (χ2v) is 7.19. The highest BCUT2D eigenvalue weighted by Crippen LogP contribution is 2.24. The van der Waals surface area contributed by atoms with E-state index in [0.717, 1.165) is 4.47 Å². The Hall–Kier alpha value is -0.383. The lowest BCUT2D eigenvalue weighted by molar-refractivity contribution is 1.65. The van der Waals surface area contributed by atoms with Crippen molar-refractivity contribution in [1.82, 2.24) is 0 Å².